The molecule has 4 heteroatoms. The number of ketones is 1. The molecule has 15 heavy (non-hydrogen) atoms. The van der Waals surface area contributed by atoms with E-state index in [1.807, 2.05) is 20.8 Å². The van der Waals surface area contributed by atoms with Gasteiger partial charge in [-0.15, -0.1) is 0 Å². The Morgan fingerprint density at radius 2 is 2.00 bits per heavy atom. The van der Waals surface area contributed by atoms with E-state index >= 15 is 0 Å². The van der Waals surface area contributed by atoms with Gasteiger partial charge in [-0.2, -0.15) is 0 Å². The molecule has 86 valence electrons. The Balaban J connectivity index is 2.16. The van der Waals surface area contributed by atoms with Crippen LogP contribution in [0, 0.1) is 0 Å². The quantitative estimate of drug-likeness (QED) is 0.517. The first kappa shape index (κ1) is 12.2. The highest BCUT2D eigenvalue weighted by Gasteiger charge is 2.26. The maximum absolute atomic E-state index is 11.2. The number of amides is 1. The van der Waals surface area contributed by atoms with E-state index in [-0.39, 0.29) is 30.3 Å². The third-order valence-corrected chi connectivity index (χ3v) is 2.18. The van der Waals surface area contributed by atoms with Crippen LogP contribution in [0.5, 0.6) is 0 Å². The topological polar surface area (TPSA) is 46.6 Å². The van der Waals surface area contributed by atoms with E-state index in [2.05, 4.69) is 0 Å². The smallest absolute Gasteiger partial charge is 0.230 e. The van der Waals surface area contributed by atoms with Crippen molar-refractivity contribution in [3.63, 3.8) is 0 Å². The molecule has 0 atom stereocenters. The normalized spacial score (nSPS) is 17.7. The first-order valence-corrected chi connectivity index (χ1v) is 5.32. The molecular weight excluding hydrogens is 194 g/mol. The van der Waals surface area contributed by atoms with Crippen LogP contribution in [-0.2, 0) is 14.3 Å². The number of likely N-dealkylation sites (tertiary alicyclic amines) is 1. The molecule has 0 aromatic carbocycles. The van der Waals surface area contributed by atoms with Gasteiger partial charge in [-0.25, -0.2) is 0 Å². The predicted octanol–water partition coefficient (Wildman–Crippen LogP) is 0.993. The van der Waals surface area contributed by atoms with Gasteiger partial charge >= 0.3 is 0 Å². The van der Waals surface area contributed by atoms with E-state index in [1.165, 1.54) is 0 Å². The van der Waals surface area contributed by atoms with Crippen LogP contribution < -0.4 is 0 Å². The second kappa shape index (κ2) is 4.75. The van der Waals surface area contributed by atoms with E-state index < -0.39 is 0 Å². The molecule has 1 aliphatic rings. The largest absolute Gasteiger partial charge is 0.376 e. The molecule has 0 saturated carbocycles. The van der Waals surface area contributed by atoms with Gasteiger partial charge in [0.25, 0.3) is 0 Å². The van der Waals surface area contributed by atoms with Crippen molar-refractivity contribution >= 4 is 11.7 Å². The SMILES string of the molecule is CC(C)(C)OCCCN1CC(=O)CC1=O. The van der Waals surface area contributed by atoms with Crippen molar-refractivity contribution in [1.29, 1.82) is 0 Å². The van der Waals surface area contributed by atoms with Gasteiger partial charge in [-0.3, -0.25) is 9.59 Å². The number of Topliss-reactive ketones (excluding diaryl/α,β-unsaturated/α-hetero) is 1. The zero-order valence-electron chi connectivity index (χ0n) is 9.71. The molecule has 0 aromatic heterocycles. The highest BCUT2D eigenvalue weighted by atomic mass is 16.5. The Hall–Kier alpha value is -0.900. The third kappa shape index (κ3) is 4.42. The second-order valence-corrected chi connectivity index (χ2v) is 4.85. The summed E-state index contributed by atoms with van der Waals surface area (Å²) in [5, 5.41) is 0. The zero-order valence-corrected chi connectivity index (χ0v) is 9.71. The van der Waals surface area contributed by atoms with Crippen LogP contribution in [0.3, 0.4) is 0 Å². The molecule has 1 saturated heterocycles. The fourth-order valence-electron chi connectivity index (χ4n) is 1.47. The monoisotopic (exact) mass is 213 g/mol. The fraction of sp³-hybridized carbons (Fsp3) is 0.818. The van der Waals surface area contributed by atoms with Gasteiger partial charge in [0.2, 0.25) is 5.91 Å². The Morgan fingerprint density at radius 1 is 1.33 bits per heavy atom. The molecule has 4 nitrogen and oxygen atoms in total. The lowest BCUT2D eigenvalue weighted by atomic mass is 10.2. The summed E-state index contributed by atoms with van der Waals surface area (Å²) in [7, 11) is 0. The van der Waals surface area contributed by atoms with E-state index in [0.29, 0.717) is 13.2 Å². The Labute approximate surface area is 90.6 Å². The summed E-state index contributed by atoms with van der Waals surface area (Å²) in [6, 6.07) is 0. The molecule has 1 heterocycles. The Kier molecular flexibility index (Phi) is 3.85. The van der Waals surface area contributed by atoms with Gasteiger partial charge in [0.1, 0.15) is 0 Å². The molecule has 1 rings (SSSR count). The lowest BCUT2D eigenvalue weighted by Gasteiger charge is -2.20. The summed E-state index contributed by atoms with van der Waals surface area (Å²) in [5.41, 5.74) is -0.134. The summed E-state index contributed by atoms with van der Waals surface area (Å²) >= 11 is 0. The molecule has 0 unspecified atom stereocenters. The molecule has 1 amide bonds. The van der Waals surface area contributed by atoms with Crippen LogP contribution in [0.1, 0.15) is 33.6 Å². The number of carbonyl (C=O) groups excluding carboxylic acids is 2. The predicted molar refractivity (Wildman–Crippen MR) is 56.5 cm³/mol. The number of hydrogen-bond acceptors (Lipinski definition) is 3. The molecule has 0 aliphatic carbocycles. The summed E-state index contributed by atoms with van der Waals surface area (Å²) in [5.74, 6) is -0.0208. The minimum Gasteiger partial charge on any atom is -0.376 e. The first-order chi connectivity index (χ1) is 6.88. The number of rotatable bonds is 4. The molecule has 1 aliphatic heterocycles. The van der Waals surface area contributed by atoms with Crippen LogP contribution in [0.15, 0.2) is 0 Å². The van der Waals surface area contributed by atoms with Crippen molar-refractivity contribution in [1.82, 2.24) is 4.90 Å². The zero-order chi connectivity index (χ0) is 11.5. The van der Waals surface area contributed by atoms with Crippen molar-refractivity contribution in [3.8, 4) is 0 Å². The van der Waals surface area contributed by atoms with Crippen LogP contribution in [0.25, 0.3) is 0 Å². The van der Waals surface area contributed by atoms with E-state index in [0.717, 1.165) is 6.42 Å². The maximum Gasteiger partial charge on any atom is 0.230 e. The van der Waals surface area contributed by atoms with Crippen LogP contribution in [0.2, 0.25) is 0 Å². The van der Waals surface area contributed by atoms with Gasteiger partial charge in [0.15, 0.2) is 5.78 Å². The lowest BCUT2D eigenvalue weighted by molar-refractivity contribution is -0.128. The molecule has 0 aromatic rings. The number of ether oxygens (including phenoxy) is 1. The number of nitrogens with zero attached hydrogens (tertiary/aromatic N) is 1. The Morgan fingerprint density at radius 3 is 2.47 bits per heavy atom. The molecule has 0 bridgehead atoms. The highest BCUT2D eigenvalue weighted by Crippen LogP contribution is 2.09. The average Bonchev–Trinajstić information content (AvgIpc) is 2.37. The van der Waals surface area contributed by atoms with Crippen molar-refractivity contribution in [2.45, 2.75) is 39.2 Å². The Bertz CT molecular complexity index is 255. The number of hydrogen-bond donors (Lipinski definition) is 0. The molecule has 0 radical (unpaired) electrons. The van der Waals surface area contributed by atoms with Crippen molar-refractivity contribution in [2.75, 3.05) is 19.7 Å². The maximum atomic E-state index is 11.2. The standard InChI is InChI=1S/C11H19NO3/c1-11(2,3)15-6-4-5-12-8-9(13)7-10(12)14/h4-8H2,1-3H3. The molecule has 1 fully saturated rings. The minimum atomic E-state index is -0.134. The summed E-state index contributed by atoms with van der Waals surface area (Å²) in [6.07, 6.45) is 0.871. The second-order valence-electron chi connectivity index (χ2n) is 4.85. The van der Waals surface area contributed by atoms with E-state index in [9.17, 15) is 9.59 Å². The molecule has 0 N–H and O–H groups in total. The first-order valence-electron chi connectivity index (χ1n) is 5.32. The summed E-state index contributed by atoms with van der Waals surface area (Å²) in [4.78, 5) is 23.8. The van der Waals surface area contributed by atoms with E-state index in [4.69, 9.17) is 4.74 Å². The van der Waals surface area contributed by atoms with Crippen LogP contribution in [0.4, 0.5) is 0 Å². The van der Waals surface area contributed by atoms with Crippen LogP contribution >= 0.6 is 0 Å². The highest BCUT2D eigenvalue weighted by molar-refractivity contribution is 6.05. The molecular formula is C11H19NO3. The van der Waals surface area contributed by atoms with Crippen LogP contribution in [-0.4, -0.2) is 41.9 Å². The van der Waals surface area contributed by atoms with Gasteiger partial charge in [0.05, 0.1) is 18.6 Å². The number of carbonyl (C=O) groups is 2. The fourth-order valence-corrected chi connectivity index (χ4v) is 1.47. The van der Waals surface area contributed by atoms with Gasteiger partial charge < -0.3 is 9.64 Å². The minimum absolute atomic E-state index is 0.0248. The summed E-state index contributed by atoms with van der Waals surface area (Å²) < 4.78 is 5.53. The van der Waals surface area contributed by atoms with E-state index in [1.54, 1.807) is 4.90 Å². The average molecular weight is 213 g/mol. The van der Waals surface area contributed by atoms with Crippen molar-refractivity contribution in [3.05, 3.63) is 0 Å². The van der Waals surface area contributed by atoms with Gasteiger partial charge in [0, 0.05) is 13.2 Å². The van der Waals surface area contributed by atoms with Gasteiger partial charge in [-0.1, -0.05) is 0 Å². The van der Waals surface area contributed by atoms with Crippen molar-refractivity contribution < 1.29 is 14.3 Å². The third-order valence-electron chi connectivity index (χ3n) is 2.18. The van der Waals surface area contributed by atoms with Crippen molar-refractivity contribution in [2.24, 2.45) is 0 Å². The van der Waals surface area contributed by atoms with Gasteiger partial charge in [-0.05, 0) is 27.2 Å². The summed E-state index contributed by atoms with van der Waals surface area (Å²) in [6.45, 7) is 7.53. The lowest BCUT2D eigenvalue weighted by Crippen LogP contribution is -2.28. The molecule has 0 spiro atoms.